The van der Waals surface area contributed by atoms with Gasteiger partial charge in [0.25, 0.3) is 5.91 Å². The predicted molar refractivity (Wildman–Crippen MR) is 95.4 cm³/mol. The molecule has 136 valence electrons. The van der Waals surface area contributed by atoms with Gasteiger partial charge in [-0.3, -0.25) is 10.1 Å². The minimum absolute atomic E-state index is 0.157. The van der Waals surface area contributed by atoms with Crippen LogP contribution >= 0.6 is 0 Å². The Bertz CT molecular complexity index is 821. The van der Waals surface area contributed by atoms with E-state index in [-0.39, 0.29) is 19.3 Å². The van der Waals surface area contributed by atoms with Gasteiger partial charge in [0.1, 0.15) is 0 Å². The van der Waals surface area contributed by atoms with E-state index < -0.39 is 6.09 Å². The van der Waals surface area contributed by atoms with Gasteiger partial charge in [-0.15, -0.1) is 0 Å². The minimum Gasteiger partial charge on any atom is -0.454 e. The molecule has 0 spiro atoms. The zero-order chi connectivity index (χ0) is 18.5. The van der Waals surface area contributed by atoms with Crippen molar-refractivity contribution in [3.63, 3.8) is 0 Å². The highest BCUT2D eigenvalue weighted by Gasteiger charge is 2.17. The highest BCUT2D eigenvalue weighted by atomic mass is 16.7. The highest BCUT2D eigenvalue weighted by molar-refractivity contribution is 5.96. The van der Waals surface area contributed by atoms with E-state index in [0.29, 0.717) is 29.3 Å². The first-order valence-corrected chi connectivity index (χ1v) is 8.24. The van der Waals surface area contributed by atoms with Crippen molar-refractivity contribution in [3.8, 4) is 11.5 Å². The summed E-state index contributed by atoms with van der Waals surface area (Å²) in [6.45, 7) is 2.65. The van der Waals surface area contributed by atoms with Gasteiger partial charge < -0.3 is 19.1 Å². The average Bonchev–Trinajstić information content (AvgIpc) is 3.09. The molecule has 7 heteroatoms. The molecule has 0 bridgehead atoms. The largest absolute Gasteiger partial charge is 0.454 e. The van der Waals surface area contributed by atoms with Gasteiger partial charge in [-0.05, 0) is 42.8 Å². The summed E-state index contributed by atoms with van der Waals surface area (Å²) in [5.74, 6) is 1.24. The van der Waals surface area contributed by atoms with Crippen molar-refractivity contribution in [3.05, 3.63) is 53.6 Å². The molecule has 0 saturated heterocycles. The lowest BCUT2D eigenvalue weighted by Crippen LogP contribution is -2.26. The molecule has 1 aliphatic heterocycles. The summed E-state index contributed by atoms with van der Waals surface area (Å²) < 4.78 is 15.5. The maximum atomic E-state index is 12.7. The van der Waals surface area contributed by atoms with Gasteiger partial charge in [0, 0.05) is 24.8 Å². The average molecular weight is 356 g/mol. The lowest BCUT2D eigenvalue weighted by atomic mass is 10.1. The molecule has 0 radical (unpaired) electrons. The number of carbonyl (C=O) groups is 2. The first-order chi connectivity index (χ1) is 12.6. The number of ether oxygens (including phenoxy) is 3. The van der Waals surface area contributed by atoms with E-state index in [0.717, 1.165) is 5.56 Å². The van der Waals surface area contributed by atoms with E-state index in [2.05, 4.69) is 5.32 Å². The van der Waals surface area contributed by atoms with Crippen LogP contribution in [-0.2, 0) is 11.3 Å². The molecule has 0 atom stereocenters. The van der Waals surface area contributed by atoms with E-state index in [1.54, 1.807) is 43.1 Å². The van der Waals surface area contributed by atoms with Crippen LogP contribution in [0.4, 0.5) is 10.5 Å². The van der Waals surface area contributed by atoms with Crippen molar-refractivity contribution in [2.75, 3.05) is 25.8 Å². The zero-order valence-electron chi connectivity index (χ0n) is 14.7. The fourth-order valence-corrected chi connectivity index (χ4v) is 2.62. The van der Waals surface area contributed by atoms with Crippen LogP contribution in [-0.4, -0.2) is 37.3 Å². The molecule has 0 fully saturated rings. The smallest absolute Gasteiger partial charge is 0.411 e. The molecule has 7 nitrogen and oxygen atoms in total. The lowest BCUT2D eigenvalue weighted by molar-refractivity contribution is 0.0785. The first kappa shape index (κ1) is 17.6. The van der Waals surface area contributed by atoms with Crippen LogP contribution in [0.2, 0.25) is 0 Å². The third kappa shape index (κ3) is 4.05. The van der Waals surface area contributed by atoms with E-state index >= 15 is 0 Å². The fraction of sp³-hybridized carbons (Fsp3) is 0.263. The van der Waals surface area contributed by atoms with Gasteiger partial charge in [0.2, 0.25) is 6.79 Å². The third-order valence-electron chi connectivity index (χ3n) is 3.83. The monoisotopic (exact) mass is 356 g/mol. The summed E-state index contributed by atoms with van der Waals surface area (Å²) in [5.41, 5.74) is 1.92. The van der Waals surface area contributed by atoms with Gasteiger partial charge >= 0.3 is 6.09 Å². The van der Waals surface area contributed by atoms with Gasteiger partial charge in [0.15, 0.2) is 11.5 Å². The predicted octanol–water partition coefficient (Wildman–Crippen LogP) is 3.26. The second-order valence-electron chi connectivity index (χ2n) is 5.78. The van der Waals surface area contributed by atoms with Crippen LogP contribution in [0.25, 0.3) is 0 Å². The minimum atomic E-state index is -0.550. The van der Waals surface area contributed by atoms with Gasteiger partial charge in [-0.1, -0.05) is 12.1 Å². The SMILES string of the molecule is CCOC(=O)Nc1cccc(C(=O)N(C)Cc2ccc3c(c2)OCO3)c1. The van der Waals surface area contributed by atoms with Crippen LogP contribution in [0.15, 0.2) is 42.5 Å². The topological polar surface area (TPSA) is 77.1 Å². The van der Waals surface area contributed by atoms with Crippen LogP contribution in [0.1, 0.15) is 22.8 Å². The van der Waals surface area contributed by atoms with Crippen molar-refractivity contribution >= 4 is 17.7 Å². The molecule has 0 unspecified atom stereocenters. The Balaban J connectivity index is 1.67. The molecule has 0 aromatic heterocycles. The van der Waals surface area contributed by atoms with Crippen LogP contribution in [0, 0.1) is 0 Å². The number of anilines is 1. The number of nitrogens with one attached hydrogen (secondary N) is 1. The van der Waals surface area contributed by atoms with E-state index in [1.165, 1.54) is 0 Å². The van der Waals surface area contributed by atoms with Crippen LogP contribution in [0.3, 0.4) is 0 Å². The van der Waals surface area contributed by atoms with Gasteiger partial charge in [-0.2, -0.15) is 0 Å². The van der Waals surface area contributed by atoms with E-state index in [1.807, 2.05) is 18.2 Å². The Hall–Kier alpha value is -3.22. The number of rotatable bonds is 5. The molecule has 2 aromatic rings. The van der Waals surface area contributed by atoms with Gasteiger partial charge in [-0.25, -0.2) is 4.79 Å². The number of benzene rings is 2. The third-order valence-corrected chi connectivity index (χ3v) is 3.83. The van der Waals surface area contributed by atoms with Crippen molar-refractivity contribution in [2.24, 2.45) is 0 Å². The summed E-state index contributed by atoms with van der Waals surface area (Å²) in [7, 11) is 1.72. The first-order valence-electron chi connectivity index (χ1n) is 8.24. The second kappa shape index (κ2) is 7.77. The Morgan fingerprint density at radius 3 is 2.77 bits per heavy atom. The molecule has 1 aliphatic rings. The number of nitrogens with zero attached hydrogens (tertiary/aromatic N) is 1. The molecule has 1 N–H and O–H groups in total. The standard InChI is InChI=1S/C19H20N2O5/c1-3-24-19(23)20-15-6-4-5-14(10-15)18(22)21(2)11-13-7-8-16-17(9-13)26-12-25-16/h4-10H,3,11-12H2,1-2H3,(H,20,23). The molecule has 26 heavy (non-hydrogen) atoms. The summed E-state index contributed by atoms with van der Waals surface area (Å²) in [6.07, 6.45) is -0.550. The maximum Gasteiger partial charge on any atom is 0.411 e. The molecular formula is C19H20N2O5. The number of carbonyl (C=O) groups excluding carboxylic acids is 2. The Morgan fingerprint density at radius 1 is 1.15 bits per heavy atom. The number of amides is 2. The van der Waals surface area contributed by atoms with Crippen molar-refractivity contribution in [1.29, 1.82) is 0 Å². The molecule has 0 saturated carbocycles. The van der Waals surface area contributed by atoms with Crippen LogP contribution in [0.5, 0.6) is 11.5 Å². The summed E-state index contributed by atoms with van der Waals surface area (Å²) in [4.78, 5) is 25.8. The van der Waals surface area contributed by atoms with E-state index in [4.69, 9.17) is 14.2 Å². The maximum absolute atomic E-state index is 12.7. The summed E-state index contributed by atoms with van der Waals surface area (Å²) in [6, 6.07) is 12.3. The molecule has 2 aromatic carbocycles. The molecule has 2 amide bonds. The van der Waals surface area contributed by atoms with E-state index in [9.17, 15) is 9.59 Å². The quantitative estimate of drug-likeness (QED) is 0.890. The van der Waals surface area contributed by atoms with Gasteiger partial charge in [0.05, 0.1) is 6.61 Å². The zero-order valence-corrected chi connectivity index (χ0v) is 14.7. The second-order valence-corrected chi connectivity index (χ2v) is 5.78. The molecule has 1 heterocycles. The number of hydrogen-bond acceptors (Lipinski definition) is 5. The highest BCUT2D eigenvalue weighted by Crippen LogP contribution is 2.32. The Morgan fingerprint density at radius 2 is 1.96 bits per heavy atom. The Kier molecular flexibility index (Phi) is 5.26. The normalized spacial score (nSPS) is 11.8. The van der Waals surface area contributed by atoms with Crippen LogP contribution < -0.4 is 14.8 Å². The fourth-order valence-electron chi connectivity index (χ4n) is 2.62. The van der Waals surface area contributed by atoms with Crippen molar-refractivity contribution in [1.82, 2.24) is 4.90 Å². The number of fused-ring (bicyclic) bond motifs is 1. The van der Waals surface area contributed by atoms with Crippen molar-refractivity contribution in [2.45, 2.75) is 13.5 Å². The molecule has 0 aliphatic carbocycles. The number of hydrogen-bond donors (Lipinski definition) is 1. The summed E-state index contributed by atoms with van der Waals surface area (Å²) in [5, 5.41) is 2.59. The van der Waals surface area contributed by atoms with Crippen molar-refractivity contribution < 1.29 is 23.8 Å². The summed E-state index contributed by atoms with van der Waals surface area (Å²) >= 11 is 0. The Labute approximate surface area is 151 Å². The molecular weight excluding hydrogens is 336 g/mol. The molecule has 3 rings (SSSR count). The lowest BCUT2D eigenvalue weighted by Gasteiger charge is -2.18.